The number of hydrogen-bond donors (Lipinski definition) is 3. The summed E-state index contributed by atoms with van der Waals surface area (Å²) >= 11 is 0. The Labute approximate surface area is 121 Å². The fourth-order valence-electron chi connectivity index (χ4n) is 2.09. The zero-order chi connectivity index (χ0) is 14.8. The second-order valence-corrected chi connectivity index (χ2v) is 4.69. The predicted molar refractivity (Wildman–Crippen MR) is 85.8 cm³/mol. The van der Waals surface area contributed by atoms with Gasteiger partial charge in [-0.1, -0.05) is 5.16 Å². The molecule has 0 unspecified atom stereocenters. The van der Waals surface area contributed by atoms with Crippen molar-refractivity contribution < 1.29 is 5.21 Å². The number of nitrogens with one attached hydrogen (secondary N) is 1. The average molecular weight is 278 g/mol. The van der Waals surface area contributed by atoms with E-state index in [-0.39, 0.29) is 0 Å². The monoisotopic (exact) mass is 278 g/mol. The molecular formula is C15H26N4O. The molecule has 1 rings (SSSR count). The van der Waals surface area contributed by atoms with Gasteiger partial charge in [0.2, 0.25) is 0 Å². The van der Waals surface area contributed by atoms with E-state index in [1.54, 1.807) is 0 Å². The van der Waals surface area contributed by atoms with Crippen LogP contribution in [0.4, 0.5) is 11.4 Å². The van der Waals surface area contributed by atoms with Crippen molar-refractivity contribution in [2.75, 3.05) is 29.9 Å². The van der Waals surface area contributed by atoms with Crippen molar-refractivity contribution in [2.24, 2.45) is 10.9 Å². The number of hydrogen-bond acceptors (Lipinski definition) is 4. The number of benzene rings is 1. The molecule has 0 saturated carbocycles. The van der Waals surface area contributed by atoms with E-state index in [1.807, 2.05) is 0 Å². The zero-order valence-electron chi connectivity index (χ0n) is 12.5. The Morgan fingerprint density at radius 2 is 1.85 bits per heavy atom. The number of amidine groups is 1. The second-order valence-electron chi connectivity index (χ2n) is 4.69. The third kappa shape index (κ3) is 5.38. The second kappa shape index (κ2) is 9.07. The van der Waals surface area contributed by atoms with Crippen LogP contribution in [0.15, 0.2) is 29.4 Å². The Bertz CT molecular complexity index is 399. The van der Waals surface area contributed by atoms with E-state index in [9.17, 15) is 0 Å². The van der Waals surface area contributed by atoms with Gasteiger partial charge in [0.25, 0.3) is 0 Å². The average Bonchev–Trinajstić information content (AvgIpc) is 2.49. The first kappa shape index (κ1) is 16.1. The highest BCUT2D eigenvalue weighted by Gasteiger charge is 2.01. The molecule has 1 aromatic rings. The van der Waals surface area contributed by atoms with Crippen LogP contribution in [0.2, 0.25) is 0 Å². The van der Waals surface area contributed by atoms with Gasteiger partial charge in [-0.3, -0.25) is 0 Å². The first-order valence-corrected chi connectivity index (χ1v) is 7.26. The minimum Gasteiger partial charge on any atom is -0.409 e. The summed E-state index contributed by atoms with van der Waals surface area (Å²) < 4.78 is 0. The van der Waals surface area contributed by atoms with Gasteiger partial charge >= 0.3 is 0 Å². The summed E-state index contributed by atoms with van der Waals surface area (Å²) in [6.07, 6.45) is 2.55. The van der Waals surface area contributed by atoms with Crippen molar-refractivity contribution in [1.29, 1.82) is 0 Å². The van der Waals surface area contributed by atoms with Crippen LogP contribution in [0.25, 0.3) is 0 Å². The number of rotatable bonds is 9. The van der Waals surface area contributed by atoms with E-state index in [1.165, 1.54) is 5.69 Å². The standard InChI is InChI=1S/C15H26N4O/c1-3-19(4-2)14-10-8-13(9-11-14)17-12-6-5-7-15(16)18-20/h8-11,17,20H,3-7,12H2,1-2H3,(H2,16,18). The highest BCUT2D eigenvalue weighted by atomic mass is 16.4. The minimum atomic E-state index is 0.300. The lowest BCUT2D eigenvalue weighted by Gasteiger charge is -2.21. The summed E-state index contributed by atoms with van der Waals surface area (Å²) in [7, 11) is 0. The number of nitrogens with two attached hydrogens (primary N) is 1. The van der Waals surface area contributed by atoms with Crippen LogP contribution in [0, 0.1) is 0 Å². The van der Waals surface area contributed by atoms with E-state index in [4.69, 9.17) is 10.9 Å². The molecule has 0 bridgehead atoms. The van der Waals surface area contributed by atoms with Crippen molar-refractivity contribution in [2.45, 2.75) is 33.1 Å². The molecule has 0 atom stereocenters. The topological polar surface area (TPSA) is 73.9 Å². The zero-order valence-corrected chi connectivity index (χ0v) is 12.5. The molecule has 0 spiro atoms. The van der Waals surface area contributed by atoms with Gasteiger partial charge in [-0.25, -0.2) is 0 Å². The summed E-state index contributed by atoms with van der Waals surface area (Å²) in [5.41, 5.74) is 7.80. The largest absolute Gasteiger partial charge is 0.409 e. The Morgan fingerprint density at radius 3 is 2.40 bits per heavy atom. The first-order valence-electron chi connectivity index (χ1n) is 7.26. The molecule has 0 aliphatic rings. The van der Waals surface area contributed by atoms with Crippen molar-refractivity contribution in [3.63, 3.8) is 0 Å². The van der Waals surface area contributed by atoms with E-state index in [0.29, 0.717) is 12.3 Å². The Morgan fingerprint density at radius 1 is 1.20 bits per heavy atom. The molecule has 5 heteroatoms. The molecule has 0 amide bonds. The van der Waals surface area contributed by atoms with Crippen molar-refractivity contribution in [3.05, 3.63) is 24.3 Å². The molecule has 4 N–H and O–H groups in total. The van der Waals surface area contributed by atoms with Crippen molar-refractivity contribution in [3.8, 4) is 0 Å². The van der Waals surface area contributed by atoms with Gasteiger partial charge < -0.3 is 21.2 Å². The molecule has 0 aromatic heterocycles. The predicted octanol–water partition coefficient (Wildman–Crippen LogP) is 2.86. The first-order chi connectivity index (χ1) is 9.71. The minimum absolute atomic E-state index is 0.300. The third-order valence-electron chi connectivity index (χ3n) is 3.31. The molecule has 112 valence electrons. The molecule has 0 radical (unpaired) electrons. The molecular weight excluding hydrogens is 252 g/mol. The van der Waals surface area contributed by atoms with Crippen LogP contribution in [-0.4, -0.2) is 30.7 Å². The molecule has 0 aliphatic carbocycles. The lowest BCUT2D eigenvalue weighted by Crippen LogP contribution is -2.21. The summed E-state index contributed by atoms with van der Waals surface area (Å²) in [5.74, 6) is 0.300. The van der Waals surface area contributed by atoms with Crippen molar-refractivity contribution in [1.82, 2.24) is 0 Å². The maximum Gasteiger partial charge on any atom is 0.139 e. The Kier molecular flexibility index (Phi) is 7.32. The maximum atomic E-state index is 8.42. The van der Waals surface area contributed by atoms with Crippen molar-refractivity contribution >= 4 is 17.2 Å². The number of anilines is 2. The molecule has 0 saturated heterocycles. The maximum absolute atomic E-state index is 8.42. The van der Waals surface area contributed by atoms with Gasteiger partial charge in [-0.15, -0.1) is 0 Å². The Hall–Kier alpha value is -1.91. The molecule has 1 aromatic carbocycles. The SMILES string of the molecule is CCN(CC)c1ccc(NCCCCC(N)=NO)cc1. The van der Waals surface area contributed by atoms with Gasteiger partial charge in [0.1, 0.15) is 5.84 Å². The third-order valence-corrected chi connectivity index (χ3v) is 3.31. The molecule has 20 heavy (non-hydrogen) atoms. The summed E-state index contributed by atoms with van der Waals surface area (Å²) in [6, 6.07) is 8.51. The fraction of sp³-hybridized carbons (Fsp3) is 0.533. The smallest absolute Gasteiger partial charge is 0.139 e. The van der Waals surface area contributed by atoms with E-state index in [0.717, 1.165) is 38.2 Å². The van der Waals surface area contributed by atoms with E-state index >= 15 is 0 Å². The number of oxime groups is 1. The lowest BCUT2D eigenvalue weighted by atomic mass is 10.2. The van der Waals surface area contributed by atoms with Gasteiger partial charge in [-0.05, 0) is 51.0 Å². The molecule has 5 nitrogen and oxygen atoms in total. The quantitative estimate of drug-likeness (QED) is 0.213. The molecule has 0 aliphatic heterocycles. The number of unbranched alkanes of at least 4 members (excludes halogenated alkanes) is 1. The van der Waals surface area contributed by atoms with Gasteiger partial charge in [0, 0.05) is 37.4 Å². The highest BCUT2D eigenvalue weighted by Crippen LogP contribution is 2.17. The molecule has 0 heterocycles. The highest BCUT2D eigenvalue weighted by molar-refractivity contribution is 5.79. The van der Waals surface area contributed by atoms with Crippen LogP contribution >= 0.6 is 0 Å². The van der Waals surface area contributed by atoms with Crippen LogP contribution in [0.3, 0.4) is 0 Å². The van der Waals surface area contributed by atoms with Crippen LogP contribution in [-0.2, 0) is 0 Å². The summed E-state index contributed by atoms with van der Waals surface area (Å²) in [5, 5.41) is 14.8. The lowest BCUT2D eigenvalue weighted by molar-refractivity contribution is 0.316. The molecule has 0 fully saturated rings. The van der Waals surface area contributed by atoms with Crippen LogP contribution in [0.5, 0.6) is 0 Å². The van der Waals surface area contributed by atoms with E-state index < -0.39 is 0 Å². The number of nitrogens with zero attached hydrogens (tertiary/aromatic N) is 2. The van der Waals surface area contributed by atoms with Gasteiger partial charge in [-0.2, -0.15) is 0 Å². The fourth-order valence-corrected chi connectivity index (χ4v) is 2.09. The van der Waals surface area contributed by atoms with Gasteiger partial charge in [0.15, 0.2) is 0 Å². The van der Waals surface area contributed by atoms with Crippen LogP contribution in [0.1, 0.15) is 33.1 Å². The normalized spacial score (nSPS) is 11.4. The Balaban J connectivity index is 2.31. The van der Waals surface area contributed by atoms with Gasteiger partial charge in [0.05, 0.1) is 0 Å². The summed E-state index contributed by atoms with van der Waals surface area (Å²) in [6.45, 7) is 7.27. The van der Waals surface area contributed by atoms with Crippen LogP contribution < -0.4 is 16.0 Å². The summed E-state index contributed by atoms with van der Waals surface area (Å²) in [4.78, 5) is 2.32. The van der Waals surface area contributed by atoms with E-state index in [2.05, 4.69) is 53.5 Å².